The summed E-state index contributed by atoms with van der Waals surface area (Å²) in [5.74, 6) is -0.888. The predicted octanol–water partition coefficient (Wildman–Crippen LogP) is 2.65. The van der Waals surface area contributed by atoms with Gasteiger partial charge in [0, 0.05) is 18.5 Å². The van der Waals surface area contributed by atoms with Gasteiger partial charge < -0.3 is 15.7 Å². The number of carboxylic acid groups (broad SMARTS) is 1. The summed E-state index contributed by atoms with van der Waals surface area (Å²) in [4.78, 5) is 22.8. The minimum atomic E-state index is -0.888. The molecule has 1 fully saturated rings. The molecule has 2 amide bonds. The molecule has 3 unspecified atom stereocenters. The molecule has 1 aromatic rings. The Morgan fingerprint density at radius 1 is 1.26 bits per heavy atom. The number of hydrogen-bond acceptors (Lipinski definition) is 2. The van der Waals surface area contributed by atoms with Gasteiger partial charge in [-0.2, -0.15) is 0 Å². The highest BCUT2D eigenvalue weighted by molar-refractivity contribution is 5.74. The average Bonchev–Trinajstić information content (AvgIpc) is 2.90. The number of alkyl halides is 1. The number of halogens is 1. The summed E-state index contributed by atoms with van der Waals surface area (Å²) in [6.45, 7) is 0. The maximum Gasteiger partial charge on any atom is 0.315 e. The van der Waals surface area contributed by atoms with E-state index in [2.05, 4.69) is 10.6 Å². The van der Waals surface area contributed by atoms with Crippen LogP contribution in [0.15, 0.2) is 30.3 Å². The second-order valence-corrected chi connectivity index (χ2v) is 6.04. The van der Waals surface area contributed by atoms with Crippen LogP contribution in [0.3, 0.4) is 0 Å². The number of urea groups is 1. The number of rotatable bonds is 7. The first-order chi connectivity index (χ1) is 11.0. The fraction of sp³-hybridized carbons (Fsp3) is 0.529. The molecule has 0 heterocycles. The zero-order chi connectivity index (χ0) is 16.7. The van der Waals surface area contributed by atoms with Gasteiger partial charge in [0.25, 0.3) is 0 Å². The summed E-state index contributed by atoms with van der Waals surface area (Å²) in [6.07, 6.45) is 1.56. The Morgan fingerprint density at radius 2 is 2.00 bits per heavy atom. The number of benzene rings is 1. The lowest BCUT2D eigenvalue weighted by Gasteiger charge is -2.20. The minimum absolute atomic E-state index is 0.00619. The van der Waals surface area contributed by atoms with Crippen LogP contribution in [0.2, 0.25) is 0 Å². The van der Waals surface area contributed by atoms with E-state index in [1.54, 1.807) is 0 Å². The van der Waals surface area contributed by atoms with Crippen LogP contribution in [-0.2, 0) is 11.2 Å². The van der Waals surface area contributed by atoms with Gasteiger partial charge in [-0.3, -0.25) is 4.79 Å². The van der Waals surface area contributed by atoms with Gasteiger partial charge in [0.1, 0.15) is 6.17 Å². The molecule has 126 valence electrons. The van der Waals surface area contributed by atoms with Gasteiger partial charge in [0.15, 0.2) is 0 Å². The van der Waals surface area contributed by atoms with Gasteiger partial charge in [-0.05, 0) is 37.7 Å². The van der Waals surface area contributed by atoms with Crippen molar-refractivity contribution >= 4 is 12.0 Å². The third-order valence-corrected chi connectivity index (χ3v) is 4.07. The van der Waals surface area contributed by atoms with Gasteiger partial charge in [-0.1, -0.05) is 30.3 Å². The Bertz CT molecular complexity index is 524. The normalized spacial score (nSPS) is 21.6. The van der Waals surface area contributed by atoms with Crippen LogP contribution >= 0.6 is 0 Å². The number of hydrogen-bond donors (Lipinski definition) is 3. The highest BCUT2D eigenvalue weighted by atomic mass is 19.1. The van der Waals surface area contributed by atoms with Crippen molar-refractivity contribution in [3.05, 3.63) is 35.9 Å². The third kappa shape index (κ3) is 6.26. The lowest BCUT2D eigenvalue weighted by Crippen LogP contribution is -2.46. The monoisotopic (exact) mass is 322 g/mol. The van der Waals surface area contributed by atoms with E-state index >= 15 is 0 Å². The lowest BCUT2D eigenvalue weighted by molar-refractivity contribution is -0.137. The van der Waals surface area contributed by atoms with E-state index in [4.69, 9.17) is 5.11 Å². The van der Waals surface area contributed by atoms with Gasteiger partial charge in [-0.25, -0.2) is 9.18 Å². The summed E-state index contributed by atoms with van der Waals surface area (Å²) in [6, 6.07) is 8.85. The zero-order valence-electron chi connectivity index (χ0n) is 13.0. The first-order valence-corrected chi connectivity index (χ1v) is 7.99. The Balaban J connectivity index is 1.87. The van der Waals surface area contributed by atoms with Crippen LogP contribution in [0.5, 0.6) is 0 Å². The zero-order valence-corrected chi connectivity index (χ0v) is 13.0. The molecule has 2 rings (SSSR count). The maximum atomic E-state index is 13.1. The molecule has 0 aromatic heterocycles. The van der Waals surface area contributed by atoms with Crippen LogP contribution in [0.25, 0.3) is 0 Å². The van der Waals surface area contributed by atoms with Crippen molar-refractivity contribution in [1.29, 1.82) is 0 Å². The molecular formula is C17H23FN2O3. The van der Waals surface area contributed by atoms with Crippen molar-refractivity contribution < 1.29 is 19.1 Å². The average molecular weight is 322 g/mol. The van der Waals surface area contributed by atoms with Crippen molar-refractivity contribution in [2.45, 2.75) is 56.8 Å². The summed E-state index contributed by atoms with van der Waals surface area (Å²) in [5.41, 5.74) is 1.04. The van der Waals surface area contributed by atoms with E-state index in [0.29, 0.717) is 32.1 Å². The molecule has 1 aromatic carbocycles. The number of carbonyl (C=O) groups is 2. The second kappa shape index (κ2) is 8.50. The summed E-state index contributed by atoms with van der Waals surface area (Å²) >= 11 is 0. The maximum absolute atomic E-state index is 13.1. The highest BCUT2D eigenvalue weighted by Gasteiger charge is 2.26. The summed E-state index contributed by atoms with van der Waals surface area (Å²) < 4.78 is 13.1. The van der Waals surface area contributed by atoms with E-state index in [1.807, 2.05) is 30.3 Å². The Hall–Kier alpha value is -2.11. The molecule has 0 radical (unpaired) electrons. The van der Waals surface area contributed by atoms with Gasteiger partial charge in [-0.15, -0.1) is 0 Å². The molecule has 1 saturated carbocycles. The quantitative estimate of drug-likeness (QED) is 0.722. The second-order valence-electron chi connectivity index (χ2n) is 6.04. The number of nitrogens with one attached hydrogen (secondary N) is 2. The molecule has 23 heavy (non-hydrogen) atoms. The van der Waals surface area contributed by atoms with Crippen molar-refractivity contribution in [3.8, 4) is 0 Å². The van der Waals surface area contributed by atoms with E-state index < -0.39 is 12.1 Å². The van der Waals surface area contributed by atoms with Gasteiger partial charge in [0.05, 0.1) is 0 Å². The molecule has 3 N–H and O–H groups in total. The van der Waals surface area contributed by atoms with E-state index in [0.717, 1.165) is 5.56 Å². The molecule has 0 aliphatic heterocycles. The van der Waals surface area contributed by atoms with E-state index in [9.17, 15) is 14.0 Å². The molecule has 0 bridgehead atoms. The first kappa shape index (κ1) is 17.2. The van der Waals surface area contributed by atoms with E-state index in [1.165, 1.54) is 0 Å². The Labute approximate surface area is 135 Å². The lowest BCUT2D eigenvalue weighted by atomic mass is 10.0. The highest BCUT2D eigenvalue weighted by Crippen LogP contribution is 2.21. The predicted molar refractivity (Wildman–Crippen MR) is 85.0 cm³/mol. The van der Waals surface area contributed by atoms with Crippen LogP contribution in [0, 0.1) is 0 Å². The fourth-order valence-corrected chi connectivity index (χ4v) is 2.89. The van der Waals surface area contributed by atoms with Gasteiger partial charge >= 0.3 is 12.0 Å². The number of aliphatic carboxylic acids is 1. The largest absolute Gasteiger partial charge is 0.481 e. The Morgan fingerprint density at radius 3 is 2.61 bits per heavy atom. The SMILES string of the molecule is O=C(O)CCC(Cc1ccccc1)NC(=O)NC1CCC(F)C1. The smallest absolute Gasteiger partial charge is 0.315 e. The number of amides is 2. The van der Waals surface area contributed by atoms with E-state index in [-0.39, 0.29) is 24.5 Å². The van der Waals surface area contributed by atoms with Crippen LogP contribution < -0.4 is 10.6 Å². The molecule has 0 saturated heterocycles. The first-order valence-electron chi connectivity index (χ1n) is 7.99. The van der Waals surface area contributed by atoms with Gasteiger partial charge in [0.2, 0.25) is 0 Å². The molecule has 5 nitrogen and oxygen atoms in total. The van der Waals surface area contributed by atoms with Crippen molar-refractivity contribution in [2.24, 2.45) is 0 Å². The summed E-state index contributed by atoms with van der Waals surface area (Å²) in [5, 5.41) is 14.5. The van der Waals surface area contributed by atoms with Crippen molar-refractivity contribution in [2.75, 3.05) is 0 Å². The third-order valence-electron chi connectivity index (χ3n) is 4.07. The number of carboxylic acids is 1. The van der Waals surface area contributed by atoms with Crippen molar-refractivity contribution in [3.63, 3.8) is 0 Å². The Kier molecular flexibility index (Phi) is 6.38. The molecule has 1 aliphatic carbocycles. The molecule has 0 spiro atoms. The molecule has 1 aliphatic rings. The minimum Gasteiger partial charge on any atom is -0.481 e. The molecule has 3 atom stereocenters. The fourth-order valence-electron chi connectivity index (χ4n) is 2.89. The number of carbonyl (C=O) groups excluding carboxylic acids is 1. The standard InChI is InChI=1S/C17H23FN2O3/c18-13-6-7-15(11-13)20-17(23)19-14(8-9-16(21)22)10-12-4-2-1-3-5-12/h1-5,13-15H,6-11H2,(H,21,22)(H2,19,20,23). The molecular weight excluding hydrogens is 299 g/mol. The molecule has 6 heteroatoms. The van der Waals surface area contributed by atoms with Crippen LogP contribution in [0.1, 0.15) is 37.7 Å². The van der Waals surface area contributed by atoms with Crippen molar-refractivity contribution in [1.82, 2.24) is 10.6 Å². The summed E-state index contributed by atoms with van der Waals surface area (Å²) in [7, 11) is 0. The topological polar surface area (TPSA) is 78.4 Å². The van der Waals surface area contributed by atoms with Crippen LogP contribution in [0.4, 0.5) is 9.18 Å². The van der Waals surface area contributed by atoms with Crippen LogP contribution in [-0.4, -0.2) is 35.4 Å².